The normalized spacial score (nSPS) is 13.7. The summed E-state index contributed by atoms with van der Waals surface area (Å²) in [6.45, 7) is 3.51. The van der Waals surface area contributed by atoms with Crippen molar-refractivity contribution in [2.45, 2.75) is 32.2 Å². The minimum atomic E-state index is -1.08. The number of ether oxygens (including phenoxy) is 1. The summed E-state index contributed by atoms with van der Waals surface area (Å²) in [6, 6.07) is 6.12. The highest BCUT2D eigenvalue weighted by Crippen LogP contribution is 2.15. The van der Waals surface area contributed by atoms with E-state index >= 15 is 0 Å². The zero-order chi connectivity index (χ0) is 15.9. The maximum absolute atomic E-state index is 13.4. The van der Waals surface area contributed by atoms with E-state index in [1.807, 2.05) is 6.92 Å². The Hall–Kier alpha value is -2.17. The summed E-state index contributed by atoms with van der Waals surface area (Å²) in [6.07, 6.45) is 3.74. The molecule has 1 N–H and O–H groups in total. The van der Waals surface area contributed by atoms with Gasteiger partial charge in [-0.1, -0.05) is 31.5 Å². The molecule has 0 heterocycles. The van der Waals surface area contributed by atoms with Gasteiger partial charge in [0.2, 0.25) is 5.91 Å². The molecule has 0 spiro atoms. The van der Waals surface area contributed by atoms with E-state index in [9.17, 15) is 14.0 Å². The predicted octanol–water partition coefficient (Wildman–Crippen LogP) is 2.69. The minimum absolute atomic E-state index is 0.308. The zero-order valence-corrected chi connectivity index (χ0v) is 12.5. The van der Waals surface area contributed by atoms with Crippen molar-refractivity contribution in [1.29, 1.82) is 0 Å². The van der Waals surface area contributed by atoms with Crippen LogP contribution in [-0.2, 0) is 14.3 Å². The third-order valence-corrected chi connectivity index (χ3v) is 3.10. The summed E-state index contributed by atoms with van der Waals surface area (Å²) in [5, 5.41) is 2.61. The van der Waals surface area contributed by atoms with Crippen LogP contribution < -0.4 is 5.32 Å². The highest BCUT2D eigenvalue weighted by atomic mass is 19.1. The van der Waals surface area contributed by atoms with Gasteiger partial charge in [0, 0.05) is 11.6 Å². The Morgan fingerprint density at radius 1 is 1.38 bits per heavy atom. The number of carbonyl (C=O) groups is 2. The van der Waals surface area contributed by atoms with Crippen molar-refractivity contribution in [2.75, 3.05) is 7.11 Å². The van der Waals surface area contributed by atoms with E-state index < -0.39 is 23.2 Å². The number of halogens is 1. The van der Waals surface area contributed by atoms with Crippen LogP contribution in [0.15, 0.2) is 30.3 Å². The number of methoxy groups -OCH3 is 1. The van der Waals surface area contributed by atoms with E-state index in [2.05, 4.69) is 5.32 Å². The lowest BCUT2D eigenvalue weighted by molar-refractivity contribution is -0.150. The fourth-order valence-corrected chi connectivity index (χ4v) is 2.03. The van der Waals surface area contributed by atoms with Gasteiger partial charge in [0.1, 0.15) is 11.4 Å². The SMILES string of the molecule is CCCC(C)(NC(=O)/C=C/c1ccccc1F)C(=O)OC. The van der Waals surface area contributed by atoms with Gasteiger partial charge in [-0.2, -0.15) is 0 Å². The molecule has 0 aliphatic heterocycles. The van der Waals surface area contributed by atoms with Crippen LogP contribution in [0.3, 0.4) is 0 Å². The Morgan fingerprint density at radius 3 is 2.62 bits per heavy atom. The van der Waals surface area contributed by atoms with Crippen molar-refractivity contribution in [3.63, 3.8) is 0 Å². The van der Waals surface area contributed by atoms with E-state index in [1.165, 1.54) is 25.3 Å². The lowest BCUT2D eigenvalue weighted by atomic mass is 9.96. The van der Waals surface area contributed by atoms with Crippen LogP contribution in [0.25, 0.3) is 6.08 Å². The third kappa shape index (κ3) is 4.70. The van der Waals surface area contributed by atoms with E-state index in [-0.39, 0.29) is 0 Å². The van der Waals surface area contributed by atoms with E-state index in [4.69, 9.17) is 4.74 Å². The maximum Gasteiger partial charge on any atom is 0.331 e. The molecule has 1 atom stereocenters. The molecule has 0 bridgehead atoms. The summed E-state index contributed by atoms with van der Waals surface area (Å²) in [5.74, 6) is -1.39. The smallest absolute Gasteiger partial charge is 0.331 e. The molecule has 0 radical (unpaired) electrons. The van der Waals surface area contributed by atoms with Crippen molar-refractivity contribution >= 4 is 18.0 Å². The van der Waals surface area contributed by atoms with Gasteiger partial charge in [0.25, 0.3) is 0 Å². The quantitative estimate of drug-likeness (QED) is 0.648. The van der Waals surface area contributed by atoms with Crippen LogP contribution in [0.4, 0.5) is 4.39 Å². The van der Waals surface area contributed by atoms with Crippen molar-refractivity contribution < 1.29 is 18.7 Å². The number of amides is 1. The van der Waals surface area contributed by atoms with Crippen LogP contribution >= 0.6 is 0 Å². The van der Waals surface area contributed by atoms with Crippen molar-refractivity contribution in [3.8, 4) is 0 Å². The lowest BCUT2D eigenvalue weighted by Crippen LogP contribution is -2.52. The maximum atomic E-state index is 13.4. The molecule has 1 aromatic rings. The second-order valence-corrected chi connectivity index (χ2v) is 4.92. The number of rotatable bonds is 6. The van der Waals surface area contributed by atoms with Gasteiger partial charge in [-0.05, 0) is 25.5 Å². The Balaban J connectivity index is 2.79. The van der Waals surface area contributed by atoms with E-state index in [0.717, 1.165) is 0 Å². The lowest BCUT2D eigenvalue weighted by Gasteiger charge is -2.26. The van der Waals surface area contributed by atoms with Crippen LogP contribution in [0.5, 0.6) is 0 Å². The molecule has 1 rings (SSSR count). The van der Waals surface area contributed by atoms with Crippen molar-refractivity contribution in [1.82, 2.24) is 5.32 Å². The zero-order valence-electron chi connectivity index (χ0n) is 12.5. The highest BCUT2D eigenvalue weighted by Gasteiger charge is 2.34. The molecular formula is C16H20FNO3. The molecule has 1 unspecified atom stereocenters. The summed E-state index contributed by atoms with van der Waals surface area (Å²) < 4.78 is 18.1. The molecule has 1 amide bonds. The van der Waals surface area contributed by atoms with Crippen LogP contribution in [-0.4, -0.2) is 24.5 Å². The fraction of sp³-hybridized carbons (Fsp3) is 0.375. The molecule has 0 aromatic heterocycles. The Kier molecular flexibility index (Phi) is 6.09. The largest absolute Gasteiger partial charge is 0.467 e. The topological polar surface area (TPSA) is 55.4 Å². The van der Waals surface area contributed by atoms with Crippen LogP contribution in [0.2, 0.25) is 0 Å². The minimum Gasteiger partial charge on any atom is -0.467 e. The number of hydrogen-bond acceptors (Lipinski definition) is 3. The molecule has 0 saturated heterocycles. The highest BCUT2D eigenvalue weighted by molar-refractivity contribution is 5.96. The van der Waals surface area contributed by atoms with Crippen LogP contribution in [0, 0.1) is 5.82 Å². The predicted molar refractivity (Wildman–Crippen MR) is 78.9 cm³/mol. The van der Waals surface area contributed by atoms with Crippen molar-refractivity contribution in [3.05, 3.63) is 41.7 Å². The first-order valence-electron chi connectivity index (χ1n) is 6.76. The fourth-order valence-electron chi connectivity index (χ4n) is 2.03. The number of hydrogen-bond donors (Lipinski definition) is 1. The average Bonchev–Trinajstić information content (AvgIpc) is 2.45. The monoisotopic (exact) mass is 293 g/mol. The van der Waals surface area contributed by atoms with E-state index in [1.54, 1.807) is 25.1 Å². The molecule has 0 aliphatic carbocycles. The summed E-state index contributed by atoms with van der Waals surface area (Å²) in [7, 11) is 1.28. The van der Waals surface area contributed by atoms with Gasteiger partial charge < -0.3 is 10.1 Å². The summed E-state index contributed by atoms with van der Waals surface area (Å²) in [5.41, 5.74) is -0.775. The average molecular weight is 293 g/mol. The second kappa shape index (κ2) is 7.57. The molecule has 0 saturated carbocycles. The third-order valence-electron chi connectivity index (χ3n) is 3.10. The molecule has 21 heavy (non-hydrogen) atoms. The van der Waals surface area contributed by atoms with Gasteiger partial charge in [-0.25, -0.2) is 9.18 Å². The molecule has 0 aliphatic rings. The molecule has 1 aromatic carbocycles. The molecule has 0 fully saturated rings. The first kappa shape index (κ1) is 16.9. The first-order valence-corrected chi connectivity index (χ1v) is 6.76. The van der Waals surface area contributed by atoms with Crippen molar-refractivity contribution in [2.24, 2.45) is 0 Å². The Bertz CT molecular complexity index is 542. The summed E-state index contributed by atoms with van der Waals surface area (Å²) in [4.78, 5) is 23.7. The standard InChI is InChI=1S/C16H20FNO3/c1-4-11-16(2,15(20)21-3)18-14(19)10-9-12-7-5-6-8-13(12)17/h5-10H,4,11H2,1-3H3,(H,18,19)/b10-9+. The van der Waals surface area contributed by atoms with Gasteiger partial charge in [-0.15, -0.1) is 0 Å². The van der Waals surface area contributed by atoms with Gasteiger partial charge in [0.15, 0.2) is 0 Å². The molecular weight excluding hydrogens is 273 g/mol. The van der Waals surface area contributed by atoms with Gasteiger partial charge in [-0.3, -0.25) is 4.79 Å². The van der Waals surface area contributed by atoms with Crippen LogP contribution in [0.1, 0.15) is 32.3 Å². The molecule has 114 valence electrons. The molecule has 4 nitrogen and oxygen atoms in total. The number of benzene rings is 1. The second-order valence-electron chi connectivity index (χ2n) is 4.92. The number of carbonyl (C=O) groups excluding carboxylic acids is 2. The molecule has 5 heteroatoms. The number of esters is 1. The van der Waals surface area contributed by atoms with Gasteiger partial charge >= 0.3 is 5.97 Å². The number of nitrogens with one attached hydrogen (secondary N) is 1. The van der Waals surface area contributed by atoms with Gasteiger partial charge in [0.05, 0.1) is 7.11 Å². The van der Waals surface area contributed by atoms with E-state index in [0.29, 0.717) is 18.4 Å². The Labute approximate surface area is 124 Å². The summed E-state index contributed by atoms with van der Waals surface area (Å²) >= 11 is 0. The first-order chi connectivity index (χ1) is 9.92. The Morgan fingerprint density at radius 2 is 2.05 bits per heavy atom.